The number of hydrogen-bond acceptors (Lipinski definition) is 7. The molecule has 0 heterocycles. The summed E-state index contributed by atoms with van der Waals surface area (Å²) >= 11 is 0. The van der Waals surface area contributed by atoms with Crippen LogP contribution in [0, 0.1) is 0 Å². The zero-order valence-corrected chi connectivity index (χ0v) is 30.7. The third-order valence-corrected chi connectivity index (χ3v) is 8.01. The topological polar surface area (TPSA) is 102 Å². The second kappa shape index (κ2) is 30.9. The summed E-state index contributed by atoms with van der Waals surface area (Å²) in [5, 5.41) is 11.5. The van der Waals surface area contributed by atoms with E-state index >= 15 is 0 Å². The van der Waals surface area contributed by atoms with Crippen LogP contribution in [0.15, 0.2) is 36.5 Å². The first kappa shape index (κ1) is 44.5. The fraction of sp³-hybridized carbons (Fsp3) is 0.769. The van der Waals surface area contributed by atoms with E-state index in [1.807, 2.05) is 6.08 Å². The Morgan fingerprint density at radius 3 is 1.81 bits per heavy atom. The summed E-state index contributed by atoms with van der Waals surface area (Å²) in [5.41, 5.74) is 0. The Bertz CT molecular complexity index is 875. The first-order valence-corrected chi connectivity index (χ1v) is 18.5. The summed E-state index contributed by atoms with van der Waals surface area (Å²) in [6.45, 7) is 4.51. The lowest BCUT2D eigenvalue weighted by molar-refractivity contribution is -0.889. The number of likely N-dealkylation sites (N-methyl/N-ethyl adjacent to an activating group) is 1. The lowest BCUT2D eigenvalue weighted by Gasteiger charge is -2.34. The van der Waals surface area contributed by atoms with E-state index in [0.29, 0.717) is 12.8 Å². The van der Waals surface area contributed by atoms with Gasteiger partial charge in [0, 0.05) is 19.3 Å². The van der Waals surface area contributed by atoms with Gasteiger partial charge in [-0.15, -0.1) is 0 Å². The van der Waals surface area contributed by atoms with Gasteiger partial charge in [-0.1, -0.05) is 108 Å². The number of nitrogens with zero attached hydrogens (tertiary/aromatic N) is 1. The number of carboxylic acids is 1. The van der Waals surface area contributed by atoms with Crippen molar-refractivity contribution in [1.29, 1.82) is 0 Å². The maximum absolute atomic E-state index is 12.6. The number of carboxylic acid groups (broad SMARTS) is 1. The Morgan fingerprint density at radius 2 is 1.19 bits per heavy atom. The minimum Gasteiger partial charge on any atom is -0.544 e. The maximum Gasteiger partial charge on any atom is 0.306 e. The van der Waals surface area contributed by atoms with Crippen molar-refractivity contribution >= 4 is 17.9 Å². The zero-order valence-electron chi connectivity index (χ0n) is 30.7. The Labute approximate surface area is 287 Å². The molecule has 0 N–H and O–H groups in total. The smallest absolute Gasteiger partial charge is 0.306 e. The predicted molar refractivity (Wildman–Crippen MR) is 190 cm³/mol. The second-order valence-electron chi connectivity index (χ2n) is 13.4. The molecule has 8 heteroatoms. The summed E-state index contributed by atoms with van der Waals surface area (Å²) in [4.78, 5) is 36.5. The van der Waals surface area contributed by atoms with Crippen LogP contribution in [0.3, 0.4) is 0 Å². The average Bonchev–Trinajstić information content (AvgIpc) is 3.01. The molecule has 0 aliphatic rings. The SMILES string of the molecule is CCCC/C=C/CCCCCCC(=O)OC(COCCC(C(=O)[O-])[N+](C)(C)C)COC(=O)CC/C=C/C/C=C/CCCCCCCC. The molecule has 0 bridgehead atoms. The van der Waals surface area contributed by atoms with Crippen LogP contribution in [0.4, 0.5) is 0 Å². The summed E-state index contributed by atoms with van der Waals surface area (Å²) in [7, 11) is 5.37. The number of rotatable bonds is 32. The molecular weight excluding hydrogens is 594 g/mol. The van der Waals surface area contributed by atoms with Gasteiger partial charge in [0.25, 0.3) is 0 Å². The van der Waals surface area contributed by atoms with Crippen LogP contribution in [0.1, 0.15) is 142 Å². The standard InChI is InChI=1S/C39H69NO7/c1-6-8-10-12-14-16-18-19-20-22-23-25-27-29-37(41)46-34-35(33-45-32-31-36(39(43)44)40(3,4)5)47-38(42)30-28-26-24-21-17-15-13-11-9-7-2/h13,15,19-20,23,25,35-36H,6-12,14,16-18,21-22,24,26-34H2,1-5H3/b15-13+,20-19+,25-23+. The fourth-order valence-electron chi connectivity index (χ4n) is 5.04. The summed E-state index contributed by atoms with van der Waals surface area (Å²) in [6, 6.07) is -0.732. The van der Waals surface area contributed by atoms with Crippen LogP contribution in [0.2, 0.25) is 0 Å². The average molecular weight is 664 g/mol. The molecule has 272 valence electrons. The molecule has 0 aromatic rings. The monoisotopic (exact) mass is 664 g/mol. The van der Waals surface area contributed by atoms with E-state index in [1.54, 1.807) is 21.1 Å². The predicted octanol–water partition coefficient (Wildman–Crippen LogP) is 7.79. The Morgan fingerprint density at radius 1 is 0.638 bits per heavy atom. The molecule has 0 aromatic carbocycles. The number of allylic oxidation sites excluding steroid dienone is 6. The van der Waals surface area contributed by atoms with Crippen LogP contribution in [-0.2, 0) is 28.6 Å². The van der Waals surface area contributed by atoms with Crippen molar-refractivity contribution in [3.05, 3.63) is 36.5 Å². The van der Waals surface area contributed by atoms with Crippen molar-refractivity contribution in [2.75, 3.05) is 41.0 Å². The minimum atomic E-state index is -1.14. The molecule has 2 unspecified atom stereocenters. The molecule has 0 aromatic heterocycles. The van der Waals surface area contributed by atoms with Crippen molar-refractivity contribution in [2.45, 2.75) is 154 Å². The minimum absolute atomic E-state index is 0.0191. The third kappa shape index (κ3) is 29.4. The van der Waals surface area contributed by atoms with Crippen LogP contribution in [0.5, 0.6) is 0 Å². The number of unbranched alkanes of at least 4 members (excludes halogenated alkanes) is 12. The van der Waals surface area contributed by atoms with Gasteiger partial charge in [0.15, 0.2) is 6.10 Å². The van der Waals surface area contributed by atoms with E-state index in [4.69, 9.17) is 14.2 Å². The molecule has 8 nitrogen and oxygen atoms in total. The van der Waals surface area contributed by atoms with Crippen LogP contribution in [-0.4, -0.2) is 75.5 Å². The highest BCUT2D eigenvalue weighted by molar-refractivity contribution is 5.70. The number of carbonyl (C=O) groups is 3. The van der Waals surface area contributed by atoms with Crippen molar-refractivity contribution in [3.63, 3.8) is 0 Å². The Hall–Kier alpha value is -2.45. The van der Waals surface area contributed by atoms with Gasteiger partial charge in [0.1, 0.15) is 12.6 Å². The number of esters is 2. The molecule has 0 aliphatic carbocycles. The van der Waals surface area contributed by atoms with Crippen molar-refractivity contribution < 1.29 is 38.2 Å². The van der Waals surface area contributed by atoms with Gasteiger partial charge < -0.3 is 28.6 Å². The fourth-order valence-corrected chi connectivity index (χ4v) is 5.04. The number of quaternary nitrogens is 1. The summed E-state index contributed by atoms with van der Waals surface area (Å²) in [5.74, 6) is -1.84. The van der Waals surface area contributed by atoms with E-state index in [-0.39, 0.29) is 49.1 Å². The van der Waals surface area contributed by atoms with Crippen LogP contribution in [0.25, 0.3) is 0 Å². The van der Waals surface area contributed by atoms with E-state index in [2.05, 4.69) is 44.2 Å². The highest BCUT2D eigenvalue weighted by Crippen LogP contribution is 2.11. The lowest BCUT2D eigenvalue weighted by atomic mass is 10.1. The largest absolute Gasteiger partial charge is 0.544 e. The Balaban J connectivity index is 4.54. The van der Waals surface area contributed by atoms with E-state index in [9.17, 15) is 19.5 Å². The maximum atomic E-state index is 12.6. The number of carbonyl (C=O) groups excluding carboxylic acids is 3. The van der Waals surface area contributed by atoms with Crippen molar-refractivity contribution in [2.24, 2.45) is 0 Å². The van der Waals surface area contributed by atoms with Gasteiger partial charge in [0.2, 0.25) is 0 Å². The van der Waals surface area contributed by atoms with Gasteiger partial charge >= 0.3 is 11.9 Å². The highest BCUT2D eigenvalue weighted by Gasteiger charge is 2.25. The van der Waals surface area contributed by atoms with E-state index in [1.165, 1.54) is 51.4 Å². The lowest BCUT2D eigenvalue weighted by Crippen LogP contribution is -2.55. The van der Waals surface area contributed by atoms with E-state index in [0.717, 1.165) is 51.4 Å². The highest BCUT2D eigenvalue weighted by atomic mass is 16.6. The van der Waals surface area contributed by atoms with Crippen molar-refractivity contribution in [3.8, 4) is 0 Å². The quantitative estimate of drug-likeness (QED) is 0.0313. The van der Waals surface area contributed by atoms with E-state index < -0.39 is 18.1 Å². The molecule has 0 rings (SSSR count). The second-order valence-corrected chi connectivity index (χ2v) is 13.4. The van der Waals surface area contributed by atoms with Gasteiger partial charge in [-0.3, -0.25) is 9.59 Å². The molecule has 0 saturated carbocycles. The first-order valence-electron chi connectivity index (χ1n) is 18.5. The van der Waals surface area contributed by atoms with Crippen LogP contribution >= 0.6 is 0 Å². The van der Waals surface area contributed by atoms with Gasteiger partial charge in [-0.05, 0) is 51.4 Å². The number of hydrogen-bond donors (Lipinski definition) is 0. The molecule has 0 spiro atoms. The molecule has 0 radical (unpaired) electrons. The zero-order chi connectivity index (χ0) is 35.0. The molecule has 0 aliphatic heterocycles. The van der Waals surface area contributed by atoms with Gasteiger partial charge in [-0.25, -0.2) is 0 Å². The summed E-state index contributed by atoms with van der Waals surface area (Å²) < 4.78 is 17.0. The molecule has 0 saturated heterocycles. The number of ether oxygens (including phenoxy) is 3. The van der Waals surface area contributed by atoms with Crippen LogP contribution < -0.4 is 5.11 Å². The molecule has 0 fully saturated rings. The van der Waals surface area contributed by atoms with Gasteiger partial charge in [0.05, 0.1) is 40.3 Å². The summed E-state index contributed by atoms with van der Waals surface area (Å²) in [6.07, 6.45) is 31.9. The number of aliphatic carboxylic acids is 1. The first-order chi connectivity index (χ1) is 22.6. The normalized spacial score (nSPS) is 13.5. The molecular formula is C39H69NO7. The molecule has 0 amide bonds. The van der Waals surface area contributed by atoms with Gasteiger partial charge in [-0.2, -0.15) is 0 Å². The Kier molecular flexibility index (Phi) is 29.2. The molecule has 2 atom stereocenters. The van der Waals surface area contributed by atoms with Crippen molar-refractivity contribution in [1.82, 2.24) is 0 Å². The third-order valence-electron chi connectivity index (χ3n) is 8.01. The molecule has 47 heavy (non-hydrogen) atoms.